The first-order valence-electron chi connectivity index (χ1n) is 11.3. The zero-order valence-corrected chi connectivity index (χ0v) is 17.8. The van der Waals surface area contributed by atoms with Gasteiger partial charge in [0.2, 0.25) is 0 Å². The summed E-state index contributed by atoms with van der Waals surface area (Å²) >= 11 is 0. The number of hydrogen-bond donors (Lipinski definition) is 1. The van der Waals surface area contributed by atoms with Gasteiger partial charge in [0, 0.05) is 46.4 Å². The van der Waals surface area contributed by atoms with Gasteiger partial charge in [-0.05, 0) is 24.8 Å². The fourth-order valence-electron chi connectivity index (χ4n) is 4.86. The van der Waals surface area contributed by atoms with Crippen LogP contribution in [0.2, 0.25) is 0 Å². The number of fused-ring (bicyclic) bond motifs is 1. The Morgan fingerprint density at radius 3 is 2.83 bits per heavy atom. The summed E-state index contributed by atoms with van der Waals surface area (Å²) in [5.41, 5.74) is 1.37. The second-order valence-electron chi connectivity index (χ2n) is 8.44. The van der Waals surface area contributed by atoms with Gasteiger partial charge in [-0.25, -0.2) is 0 Å². The Balaban J connectivity index is 1.24. The van der Waals surface area contributed by atoms with Crippen molar-refractivity contribution in [3.63, 3.8) is 0 Å². The van der Waals surface area contributed by atoms with Crippen molar-refractivity contribution in [1.29, 1.82) is 0 Å². The van der Waals surface area contributed by atoms with E-state index in [4.69, 9.17) is 9.47 Å². The molecule has 1 aromatic carbocycles. The van der Waals surface area contributed by atoms with Crippen molar-refractivity contribution in [2.24, 2.45) is 4.99 Å². The highest BCUT2D eigenvalue weighted by Gasteiger charge is 2.41. The zero-order valence-electron chi connectivity index (χ0n) is 17.8. The van der Waals surface area contributed by atoms with E-state index in [1.807, 2.05) is 7.05 Å². The predicted molar refractivity (Wildman–Crippen MR) is 116 cm³/mol. The molecule has 2 aliphatic heterocycles. The van der Waals surface area contributed by atoms with Crippen LogP contribution in [0, 0.1) is 0 Å². The molecule has 2 heterocycles. The molecule has 2 unspecified atom stereocenters. The molecular weight excluding hydrogens is 364 g/mol. The topological polar surface area (TPSA) is 49.3 Å². The summed E-state index contributed by atoms with van der Waals surface area (Å²) < 4.78 is 12.1. The maximum atomic E-state index is 6.11. The number of nitrogens with one attached hydrogen (secondary N) is 1. The van der Waals surface area contributed by atoms with Crippen LogP contribution < -0.4 is 5.32 Å². The second kappa shape index (κ2) is 10.4. The van der Waals surface area contributed by atoms with Gasteiger partial charge in [-0.15, -0.1) is 0 Å². The molecule has 160 valence electrons. The highest BCUT2D eigenvalue weighted by atomic mass is 16.5. The summed E-state index contributed by atoms with van der Waals surface area (Å²) in [4.78, 5) is 9.46. The van der Waals surface area contributed by atoms with Gasteiger partial charge >= 0.3 is 0 Å². The average Bonchev–Trinajstić information content (AvgIpc) is 3.42. The molecule has 29 heavy (non-hydrogen) atoms. The number of nitrogens with zero attached hydrogens (tertiary/aromatic N) is 3. The fraction of sp³-hybridized carbons (Fsp3) is 0.696. The average molecular weight is 401 g/mol. The first-order chi connectivity index (χ1) is 14.3. The molecule has 0 spiro atoms. The van der Waals surface area contributed by atoms with Gasteiger partial charge in [0.05, 0.1) is 24.9 Å². The van der Waals surface area contributed by atoms with Crippen molar-refractivity contribution in [1.82, 2.24) is 15.1 Å². The maximum Gasteiger partial charge on any atom is 0.193 e. The minimum atomic E-state index is 0.261. The molecule has 0 radical (unpaired) electrons. The largest absolute Gasteiger partial charge is 0.378 e. The highest BCUT2D eigenvalue weighted by molar-refractivity contribution is 5.80. The van der Waals surface area contributed by atoms with Crippen molar-refractivity contribution in [3.8, 4) is 0 Å². The lowest BCUT2D eigenvalue weighted by molar-refractivity contribution is -0.0502. The molecule has 4 rings (SSSR count). The lowest BCUT2D eigenvalue weighted by atomic mass is 10.1. The van der Waals surface area contributed by atoms with Crippen LogP contribution in [0.25, 0.3) is 0 Å². The molecule has 6 nitrogen and oxygen atoms in total. The van der Waals surface area contributed by atoms with Crippen LogP contribution in [0.3, 0.4) is 0 Å². The second-order valence-corrected chi connectivity index (χ2v) is 8.44. The van der Waals surface area contributed by atoms with Crippen LogP contribution in [0.4, 0.5) is 0 Å². The van der Waals surface area contributed by atoms with E-state index in [-0.39, 0.29) is 6.10 Å². The minimum absolute atomic E-state index is 0.261. The Bertz CT molecular complexity index is 648. The Hall–Kier alpha value is -1.63. The number of aliphatic imine (C=N–C) groups is 1. The van der Waals surface area contributed by atoms with Crippen LogP contribution in [-0.4, -0.2) is 80.4 Å². The van der Waals surface area contributed by atoms with E-state index in [2.05, 4.69) is 50.4 Å². The Morgan fingerprint density at radius 2 is 2.03 bits per heavy atom. The Labute approximate surface area is 175 Å². The molecule has 1 saturated carbocycles. The number of rotatable bonds is 7. The summed E-state index contributed by atoms with van der Waals surface area (Å²) in [6.45, 7) is 6.42. The molecule has 1 aliphatic carbocycles. The number of guanidine groups is 1. The van der Waals surface area contributed by atoms with E-state index in [1.54, 1.807) is 0 Å². The summed E-state index contributed by atoms with van der Waals surface area (Å²) in [6.07, 6.45) is 6.93. The molecule has 1 aromatic rings. The monoisotopic (exact) mass is 400 g/mol. The van der Waals surface area contributed by atoms with Crippen molar-refractivity contribution >= 4 is 5.96 Å². The van der Waals surface area contributed by atoms with Crippen LogP contribution in [0.5, 0.6) is 0 Å². The first-order valence-corrected chi connectivity index (χ1v) is 11.3. The number of benzene rings is 1. The summed E-state index contributed by atoms with van der Waals surface area (Å²) in [6, 6.07) is 11.2. The van der Waals surface area contributed by atoms with Gasteiger partial charge < -0.3 is 19.7 Å². The predicted octanol–water partition coefficient (Wildman–Crippen LogP) is 2.50. The van der Waals surface area contributed by atoms with Crippen LogP contribution in [-0.2, 0) is 16.0 Å². The molecule has 6 heteroatoms. The molecule has 2 atom stereocenters. The number of hydrogen-bond acceptors (Lipinski definition) is 4. The third kappa shape index (κ3) is 5.50. The van der Waals surface area contributed by atoms with Crippen LogP contribution in [0.15, 0.2) is 35.3 Å². The van der Waals surface area contributed by atoms with E-state index in [9.17, 15) is 0 Å². The Morgan fingerprint density at radius 1 is 1.21 bits per heavy atom. The molecule has 0 aromatic heterocycles. The maximum absolute atomic E-state index is 6.11. The third-order valence-corrected chi connectivity index (χ3v) is 6.42. The van der Waals surface area contributed by atoms with Crippen molar-refractivity contribution < 1.29 is 9.47 Å². The molecule has 2 saturated heterocycles. The normalized spacial score (nSPS) is 26.1. The van der Waals surface area contributed by atoms with Gasteiger partial charge in [-0.1, -0.05) is 43.2 Å². The van der Waals surface area contributed by atoms with E-state index in [1.165, 1.54) is 31.2 Å². The standard InChI is InChI=1S/C23H36N4O2/c1-24-23(25-12-7-14-28-20-10-5-6-11-20)27-17-21-22(18-27)29-15-13-26(21)16-19-8-3-2-4-9-19/h2-4,8-9,20-22H,5-7,10-18H2,1H3,(H,24,25). The van der Waals surface area contributed by atoms with Gasteiger partial charge in [0.1, 0.15) is 0 Å². The van der Waals surface area contributed by atoms with E-state index < -0.39 is 0 Å². The molecule has 3 fully saturated rings. The fourth-order valence-corrected chi connectivity index (χ4v) is 4.86. The summed E-state index contributed by atoms with van der Waals surface area (Å²) in [5.74, 6) is 0.989. The van der Waals surface area contributed by atoms with E-state index in [0.29, 0.717) is 12.1 Å². The highest BCUT2D eigenvalue weighted by Crippen LogP contribution is 2.25. The molecule has 0 bridgehead atoms. The number of likely N-dealkylation sites (tertiary alicyclic amines) is 1. The molecule has 0 amide bonds. The van der Waals surface area contributed by atoms with E-state index in [0.717, 1.165) is 58.3 Å². The minimum Gasteiger partial charge on any atom is -0.378 e. The lowest BCUT2D eigenvalue weighted by Gasteiger charge is -2.36. The number of ether oxygens (including phenoxy) is 2. The first kappa shape index (κ1) is 20.6. The van der Waals surface area contributed by atoms with E-state index >= 15 is 0 Å². The molecule has 1 N–H and O–H groups in total. The zero-order chi connectivity index (χ0) is 19.9. The van der Waals surface area contributed by atoms with Crippen molar-refractivity contribution in [2.45, 2.75) is 56.9 Å². The van der Waals surface area contributed by atoms with Crippen LogP contribution >= 0.6 is 0 Å². The smallest absolute Gasteiger partial charge is 0.193 e. The quantitative estimate of drug-likeness (QED) is 0.433. The molecule has 3 aliphatic rings. The van der Waals surface area contributed by atoms with Crippen molar-refractivity contribution in [2.75, 3.05) is 46.4 Å². The Kier molecular flexibility index (Phi) is 7.41. The van der Waals surface area contributed by atoms with Crippen LogP contribution in [0.1, 0.15) is 37.7 Å². The SMILES string of the molecule is CN=C(NCCCOC1CCCC1)N1CC2OCCN(Cc3ccccc3)C2C1. The number of morpholine rings is 1. The van der Waals surface area contributed by atoms with Gasteiger partial charge in [-0.3, -0.25) is 9.89 Å². The van der Waals surface area contributed by atoms with Crippen molar-refractivity contribution in [3.05, 3.63) is 35.9 Å². The van der Waals surface area contributed by atoms with Gasteiger partial charge in [0.15, 0.2) is 5.96 Å². The third-order valence-electron chi connectivity index (χ3n) is 6.42. The summed E-state index contributed by atoms with van der Waals surface area (Å²) in [5, 5.41) is 3.53. The molecular formula is C23H36N4O2. The lowest BCUT2D eigenvalue weighted by Crippen LogP contribution is -2.50. The van der Waals surface area contributed by atoms with Gasteiger partial charge in [-0.2, -0.15) is 0 Å². The van der Waals surface area contributed by atoms with Gasteiger partial charge in [0.25, 0.3) is 0 Å². The summed E-state index contributed by atoms with van der Waals surface area (Å²) in [7, 11) is 1.88.